The van der Waals surface area contributed by atoms with Gasteiger partial charge in [0, 0.05) is 28.6 Å². The van der Waals surface area contributed by atoms with Gasteiger partial charge in [0.15, 0.2) is 0 Å². The number of aryl methyl sites for hydroxylation is 1. The number of aromatic nitrogens is 1. The summed E-state index contributed by atoms with van der Waals surface area (Å²) in [5, 5.41) is 5.90. The number of esters is 1. The third kappa shape index (κ3) is 5.00. The second-order valence-electron chi connectivity index (χ2n) is 5.55. The standard InChI is InChI=1S/C18H22ClN3O3/c1-4-25-17(23)11-21-18(24)20-10-14-9-12(2)22(13(14)3)16-7-5-15(19)6-8-16/h5-9H,4,10-11H2,1-3H3,(H2,20,21,24). The number of rotatable bonds is 6. The van der Waals surface area contributed by atoms with Crippen molar-refractivity contribution < 1.29 is 14.3 Å². The Kier molecular flexibility index (Phi) is 6.47. The molecule has 1 aromatic heterocycles. The lowest BCUT2D eigenvalue weighted by Gasteiger charge is -2.11. The highest BCUT2D eigenvalue weighted by molar-refractivity contribution is 6.30. The second kappa shape index (κ2) is 8.58. The summed E-state index contributed by atoms with van der Waals surface area (Å²) in [5.41, 5.74) is 4.10. The molecule has 0 saturated carbocycles. The minimum atomic E-state index is -0.460. The van der Waals surface area contributed by atoms with E-state index in [-0.39, 0.29) is 6.54 Å². The monoisotopic (exact) mass is 363 g/mol. The zero-order valence-electron chi connectivity index (χ0n) is 14.6. The molecule has 25 heavy (non-hydrogen) atoms. The smallest absolute Gasteiger partial charge is 0.325 e. The maximum atomic E-state index is 11.8. The van der Waals surface area contributed by atoms with Crippen LogP contribution in [-0.2, 0) is 16.1 Å². The van der Waals surface area contributed by atoms with Crippen molar-refractivity contribution in [2.24, 2.45) is 0 Å². The molecule has 0 radical (unpaired) electrons. The molecule has 1 heterocycles. The lowest BCUT2D eigenvalue weighted by molar-refractivity contribution is -0.141. The van der Waals surface area contributed by atoms with E-state index >= 15 is 0 Å². The number of hydrogen-bond acceptors (Lipinski definition) is 3. The average molecular weight is 364 g/mol. The van der Waals surface area contributed by atoms with Crippen LogP contribution in [0.4, 0.5) is 4.79 Å². The summed E-state index contributed by atoms with van der Waals surface area (Å²) in [7, 11) is 0. The van der Waals surface area contributed by atoms with Crippen LogP contribution in [0.15, 0.2) is 30.3 Å². The molecule has 0 aliphatic heterocycles. The molecule has 2 N–H and O–H groups in total. The number of halogens is 1. The molecule has 1 aromatic carbocycles. The van der Waals surface area contributed by atoms with Crippen LogP contribution in [0.5, 0.6) is 0 Å². The third-order valence-electron chi connectivity index (χ3n) is 3.76. The van der Waals surface area contributed by atoms with E-state index in [4.69, 9.17) is 16.3 Å². The normalized spacial score (nSPS) is 10.4. The summed E-state index contributed by atoms with van der Waals surface area (Å²) >= 11 is 5.94. The van der Waals surface area contributed by atoms with Gasteiger partial charge in [-0.25, -0.2) is 4.79 Å². The molecule has 0 aliphatic carbocycles. The first-order valence-electron chi connectivity index (χ1n) is 8.03. The zero-order valence-corrected chi connectivity index (χ0v) is 15.3. The molecule has 0 fully saturated rings. The van der Waals surface area contributed by atoms with Crippen LogP contribution < -0.4 is 10.6 Å². The van der Waals surface area contributed by atoms with E-state index < -0.39 is 12.0 Å². The van der Waals surface area contributed by atoms with Crippen LogP contribution in [0.1, 0.15) is 23.9 Å². The van der Waals surface area contributed by atoms with E-state index in [1.165, 1.54) is 0 Å². The van der Waals surface area contributed by atoms with Crippen molar-refractivity contribution in [1.82, 2.24) is 15.2 Å². The number of carbonyl (C=O) groups is 2. The number of amides is 2. The van der Waals surface area contributed by atoms with Crippen LogP contribution in [0.2, 0.25) is 5.02 Å². The van der Waals surface area contributed by atoms with Crippen molar-refractivity contribution in [3.63, 3.8) is 0 Å². The maximum absolute atomic E-state index is 11.8. The van der Waals surface area contributed by atoms with Crippen molar-refractivity contribution in [2.75, 3.05) is 13.2 Å². The van der Waals surface area contributed by atoms with Gasteiger partial charge in [-0.3, -0.25) is 4.79 Å². The highest BCUT2D eigenvalue weighted by atomic mass is 35.5. The van der Waals surface area contributed by atoms with Gasteiger partial charge in [0.25, 0.3) is 0 Å². The Labute approximate surface area is 152 Å². The summed E-state index contributed by atoms with van der Waals surface area (Å²) in [6.45, 7) is 6.22. The molecule has 0 atom stereocenters. The number of carbonyl (C=O) groups excluding carboxylic acids is 2. The van der Waals surface area contributed by atoms with Crippen molar-refractivity contribution in [1.29, 1.82) is 0 Å². The van der Waals surface area contributed by atoms with E-state index in [9.17, 15) is 9.59 Å². The molecule has 0 spiro atoms. The summed E-state index contributed by atoms with van der Waals surface area (Å²) in [4.78, 5) is 23.0. The van der Waals surface area contributed by atoms with Crippen molar-refractivity contribution >= 4 is 23.6 Å². The maximum Gasteiger partial charge on any atom is 0.325 e. The number of ether oxygens (including phenoxy) is 1. The van der Waals surface area contributed by atoms with Gasteiger partial charge in [-0.2, -0.15) is 0 Å². The molecule has 0 bridgehead atoms. The van der Waals surface area contributed by atoms with Gasteiger partial charge in [-0.1, -0.05) is 11.6 Å². The van der Waals surface area contributed by atoms with Gasteiger partial charge < -0.3 is 19.9 Å². The van der Waals surface area contributed by atoms with Crippen LogP contribution in [0.25, 0.3) is 5.69 Å². The number of urea groups is 1. The number of nitrogens with one attached hydrogen (secondary N) is 2. The largest absolute Gasteiger partial charge is 0.465 e. The molecule has 134 valence electrons. The first-order chi connectivity index (χ1) is 11.9. The Morgan fingerprint density at radius 1 is 1.16 bits per heavy atom. The van der Waals surface area contributed by atoms with E-state index in [0.29, 0.717) is 18.2 Å². The average Bonchev–Trinajstić information content (AvgIpc) is 2.86. The lowest BCUT2D eigenvalue weighted by atomic mass is 10.2. The molecule has 0 saturated heterocycles. The van der Waals surface area contributed by atoms with Crippen LogP contribution in [-0.4, -0.2) is 29.7 Å². The zero-order chi connectivity index (χ0) is 18.4. The van der Waals surface area contributed by atoms with E-state index in [0.717, 1.165) is 22.6 Å². The van der Waals surface area contributed by atoms with Crippen LogP contribution in [0.3, 0.4) is 0 Å². The fourth-order valence-electron chi connectivity index (χ4n) is 2.60. The fourth-order valence-corrected chi connectivity index (χ4v) is 2.72. The van der Waals surface area contributed by atoms with E-state index in [1.54, 1.807) is 6.92 Å². The topological polar surface area (TPSA) is 72.4 Å². The highest BCUT2D eigenvalue weighted by Gasteiger charge is 2.12. The highest BCUT2D eigenvalue weighted by Crippen LogP contribution is 2.22. The number of hydrogen-bond donors (Lipinski definition) is 2. The first-order valence-corrected chi connectivity index (χ1v) is 8.41. The van der Waals surface area contributed by atoms with Crippen LogP contribution >= 0.6 is 11.6 Å². The molecule has 2 aromatic rings. The minimum absolute atomic E-state index is 0.149. The summed E-state index contributed by atoms with van der Waals surface area (Å²) in [5.74, 6) is -0.460. The molecule has 6 nitrogen and oxygen atoms in total. The van der Waals surface area contributed by atoms with Crippen molar-refractivity contribution in [2.45, 2.75) is 27.3 Å². The number of benzene rings is 1. The Balaban J connectivity index is 1.99. The summed E-state index contributed by atoms with van der Waals surface area (Å²) in [6, 6.07) is 9.20. The lowest BCUT2D eigenvalue weighted by Crippen LogP contribution is -2.38. The predicted octanol–water partition coefficient (Wildman–Crippen LogP) is 3.11. The van der Waals surface area contributed by atoms with Gasteiger partial charge in [-0.15, -0.1) is 0 Å². The Morgan fingerprint density at radius 2 is 1.84 bits per heavy atom. The molecular weight excluding hydrogens is 342 g/mol. The molecule has 2 amide bonds. The molecule has 7 heteroatoms. The first kappa shape index (κ1) is 18.9. The van der Waals surface area contributed by atoms with Crippen molar-refractivity contribution in [3.05, 3.63) is 52.3 Å². The minimum Gasteiger partial charge on any atom is -0.465 e. The fraction of sp³-hybridized carbons (Fsp3) is 0.333. The second-order valence-corrected chi connectivity index (χ2v) is 5.99. The van der Waals surface area contributed by atoms with Gasteiger partial charge in [0.05, 0.1) is 6.61 Å². The molecule has 2 rings (SSSR count). The quantitative estimate of drug-likeness (QED) is 0.774. The van der Waals surface area contributed by atoms with E-state index in [2.05, 4.69) is 15.2 Å². The van der Waals surface area contributed by atoms with E-state index in [1.807, 2.05) is 44.2 Å². The summed E-state index contributed by atoms with van der Waals surface area (Å²) < 4.78 is 6.86. The van der Waals surface area contributed by atoms with Crippen LogP contribution in [0, 0.1) is 13.8 Å². The SMILES string of the molecule is CCOC(=O)CNC(=O)NCc1cc(C)n(-c2ccc(Cl)cc2)c1C. The molecule has 0 aliphatic rings. The Bertz CT molecular complexity index is 754. The van der Waals surface area contributed by atoms with Gasteiger partial charge in [-0.05, 0) is 56.7 Å². The third-order valence-corrected chi connectivity index (χ3v) is 4.01. The van der Waals surface area contributed by atoms with Gasteiger partial charge in [0.1, 0.15) is 6.54 Å². The summed E-state index contributed by atoms with van der Waals surface area (Å²) in [6.07, 6.45) is 0. The Morgan fingerprint density at radius 3 is 2.48 bits per heavy atom. The molecule has 0 unspecified atom stereocenters. The van der Waals surface area contributed by atoms with Gasteiger partial charge in [0.2, 0.25) is 0 Å². The Hall–Kier alpha value is -2.47. The van der Waals surface area contributed by atoms with Crippen molar-refractivity contribution in [3.8, 4) is 5.69 Å². The molecular formula is C18H22ClN3O3. The predicted molar refractivity (Wildman–Crippen MR) is 97.1 cm³/mol. The van der Waals surface area contributed by atoms with Gasteiger partial charge >= 0.3 is 12.0 Å². The number of nitrogens with zero attached hydrogens (tertiary/aromatic N) is 1.